The van der Waals surface area contributed by atoms with Crippen molar-refractivity contribution in [2.24, 2.45) is 51.8 Å². The molecule has 4 heteroatoms. The Labute approximate surface area is 200 Å². The number of rotatable bonds is 3. The third kappa shape index (κ3) is 3.36. The van der Waals surface area contributed by atoms with E-state index < -0.39 is 11.4 Å². The first-order valence-corrected chi connectivity index (χ1v) is 13.8. The van der Waals surface area contributed by atoms with E-state index in [0.717, 1.165) is 43.4 Å². The van der Waals surface area contributed by atoms with Crippen molar-refractivity contribution in [1.29, 1.82) is 0 Å². The summed E-state index contributed by atoms with van der Waals surface area (Å²) in [5, 5.41) is 12.0. The monoisotopic (exact) mass is 455 g/mol. The molecule has 0 radical (unpaired) electrons. The molecule has 5 aliphatic carbocycles. The smallest absolute Gasteiger partial charge is 0.322 e. The van der Waals surface area contributed by atoms with Gasteiger partial charge in [0, 0.05) is 0 Å². The van der Waals surface area contributed by atoms with Gasteiger partial charge in [0.05, 0.1) is 5.41 Å². The molecule has 0 aliphatic heterocycles. The van der Waals surface area contributed by atoms with Gasteiger partial charge in [0.15, 0.2) is 0 Å². The molecule has 0 spiro atoms. The molecule has 5 rings (SSSR count). The van der Waals surface area contributed by atoms with Crippen LogP contribution in [0.2, 0.25) is 0 Å². The maximum absolute atomic E-state index is 13.5. The van der Waals surface area contributed by atoms with Crippen molar-refractivity contribution >= 4 is 11.9 Å². The summed E-state index contributed by atoms with van der Waals surface area (Å²) in [6.45, 7) is 9.83. The lowest BCUT2D eigenvalue weighted by molar-refractivity contribution is -0.152. The van der Waals surface area contributed by atoms with Crippen molar-refractivity contribution in [1.82, 2.24) is 5.32 Å². The Balaban J connectivity index is 1.50. The number of carbonyl (C=O) groups excluding carboxylic acids is 1. The molecule has 0 aromatic carbocycles. The van der Waals surface area contributed by atoms with Gasteiger partial charge in [-0.1, -0.05) is 65.0 Å². The lowest BCUT2D eigenvalue weighted by Gasteiger charge is -2.66. The van der Waals surface area contributed by atoms with Gasteiger partial charge in [-0.25, -0.2) is 0 Å². The van der Waals surface area contributed by atoms with E-state index in [9.17, 15) is 9.59 Å². The van der Waals surface area contributed by atoms with Gasteiger partial charge in [-0.15, -0.1) is 0 Å². The molecule has 184 valence electrons. The lowest BCUT2D eigenvalue weighted by atomic mass is 9.38. The normalized spacial score (nSPS) is 48.9. The van der Waals surface area contributed by atoms with Crippen molar-refractivity contribution in [3.05, 3.63) is 11.6 Å². The predicted octanol–water partition coefficient (Wildman–Crippen LogP) is 6.21. The SMILES string of the molecule is CC1CCCC2(C(=O)NCC(=O)O)CCC3C(=CCC4C3(C)CCC3C(C)CCCC34C)C12. The summed E-state index contributed by atoms with van der Waals surface area (Å²) < 4.78 is 0. The molecule has 5 aliphatic rings. The Kier molecular flexibility index (Phi) is 5.77. The molecule has 0 saturated heterocycles. The van der Waals surface area contributed by atoms with E-state index in [1.54, 1.807) is 5.57 Å². The molecule has 0 aromatic rings. The van der Waals surface area contributed by atoms with Crippen molar-refractivity contribution in [2.75, 3.05) is 6.54 Å². The van der Waals surface area contributed by atoms with Gasteiger partial charge in [0.1, 0.15) is 6.54 Å². The average molecular weight is 456 g/mol. The van der Waals surface area contributed by atoms with Gasteiger partial charge < -0.3 is 10.4 Å². The number of hydrogen-bond donors (Lipinski definition) is 2. The van der Waals surface area contributed by atoms with Crippen LogP contribution in [0.5, 0.6) is 0 Å². The molecular weight excluding hydrogens is 410 g/mol. The van der Waals surface area contributed by atoms with Gasteiger partial charge in [-0.05, 0) is 91.3 Å². The highest BCUT2D eigenvalue weighted by molar-refractivity contribution is 5.87. The number of carboxylic acids is 1. The second-order valence-electron chi connectivity index (χ2n) is 13.2. The fraction of sp³-hybridized carbons (Fsp3) is 0.862. The average Bonchev–Trinajstić information content (AvgIpc) is 2.76. The van der Waals surface area contributed by atoms with Crippen LogP contribution >= 0.6 is 0 Å². The molecule has 9 unspecified atom stereocenters. The van der Waals surface area contributed by atoms with Crippen LogP contribution in [0.4, 0.5) is 0 Å². The van der Waals surface area contributed by atoms with Crippen molar-refractivity contribution in [3.63, 3.8) is 0 Å². The standard InChI is InChI=1S/C29H45NO3/c1-18-7-5-13-27(3)21(18)11-15-28(4)22-12-16-29(26(33)30-17-24(31)32)14-6-8-19(2)25(29)20(22)9-10-23(27)28/h9,18-19,21-23,25H,5-8,10-17H2,1-4H3,(H,30,33)(H,31,32). The van der Waals surface area contributed by atoms with Crippen LogP contribution < -0.4 is 5.32 Å². The highest BCUT2D eigenvalue weighted by Crippen LogP contribution is 2.70. The van der Waals surface area contributed by atoms with Crippen LogP contribution in [0, 0.1) is 51.8 Å². The minimum absolute atomic E-state index is 0.00449. The van der Waals surface area contributed by atoms with E-state index in [2.05, 4.69) is 39.1 Å². The zero-order valence-electron chi connectivity index (χ0n) is 21.3. The summed E-state index contributed by atoms with van der Waals surface area (Å²) in [6, 6.07) is 0. The molecular formula is C29H45NO3. The van der Waals surface area contributed by atoms with Crippen LogP contribution in [0.15, 0.2) is 11.6 Å². The van der Waals surface area contributed by atoms with Gasteiger partial charge in [-0.3, -0.25) is 9.59 Å². The topological polar surface area (TPSA) is 66.4 Å². The zero-order chi connectivity index (χ0) is 23.6. The fourth-order valence-corrected chi connectivity index (χ4v) is 10.5. The van der Waals surface area contributed by atoms with Gasteiger partial charge in [-0.2, -0.15) is 0 Å². The maximum Gasteiger partial charge on any atom is 0.322 e. The van der Waals surface area contributed by atoms with Crippen LogP contribution in [-0.4, -0.2) is 23.5 Å². The number of fused-ring (bicyclic) bond motifs is 7. The molecule has 9 atom stereocenters. The Morgan fingerprint density at radius 3 is 2.45 bits per heavy atom. The van der Waals surface area contributed by atoms with Crippen molar-refractivity contribution in [3.8, 4) is 0 Å². The number of carboxylic acid groups (broad SMARTS) is 1. The molecule has 2 N–H and O–H groups in total. The van der Waals surface area contributed by atoms with Gasteiger partial charge in [0.2, 0.25) is 5.91 Å². The van der Waals surface area contributed by atoms with Crippen LogP contribution in [0.1, 0.15) is 98.3 Å². The summed E-state index contributed by atoms with van der Waals surface area (Å²) in [4.78, 5) is 24.7. The summed E-state index contributed by atoms with van der Waals surface area (Å²) in [5.41, 5.74) is 1.98. The summed E-state index contributed by atoms with van der Waals surface area (Å²) >= 11 is 0. The Morgan fingerprint density at radius 1 is 0.970 bits per heavy atom. The highest BCUT2D eigenvalue weighted by Gasteiger charge is 2.63. The van der Waals surface area contributed by atoms with Crippen LogP contribution in [0.3, 0.4) is 0 Å². The van der Waals surface area contributed by atoms with E-state index in [1.807, 2.05) is 0 Å². The Hall–Kier alpha value is -1.32. The van der Waals surface area contributed by atoms with Crippen LogP contribution in [0.25, 0.3) is 0 Å². The van der Waals surface area contributed by atoms with Gasteiger partial charge in [0.25, 0.3) is 0 Å². The van der Waals surface area contributed by atoms with E-state index in [1.165, 1.54) is 44.9 Å². The molecule has 1 amide bonds. The molecule has 4 saturated carbocycles. The minimum Gasteiger partial charge on any atom is -0.480 e. The second-order valence-corrected chi connectivity index (χ2v) is 13.2. The zero-order valence-corrected chi connectivity index (χ0v) is 21.3. The summed E-state index contributed by atoms with van der Waals surface area (Å²) in [5.74, 6) is 2.91. The summed E-state index contributed by atoms with van der Waals surface area (Å²) in [7, 11) is 0. The minimum atomic E-state index is -0.951. The Morgan fingerprint density at radius 2 is 1.70 bits per heavy atom. The number of aliphatic carboxylic acids is 1. The number of carbonyl (C=O) groups is 2. The van der Waals surface area contributed by atoms with E-state index in [4.69, 9.17) is 5.11 Å². The quantitative estimate of drug-likeness (QED) is 0.497. The molecule has 4 nitrogen and oxygen atoms in total. The van der Waals surface area contributed by atoms with E-state index >= 15 is 0 Å². The second kappa shape index (κ2) is 8.12. The number of hydrogen-bond acceptors (Lipinski definition) is 2. The molecule has 0 bridgehead atoms. The molecule has 4 fully saturated rings. The first-order chi connectivity index (χ1) is 15.6. The third-order valence-electron chi connectivity index (χ3n) is 11.8. The largest absolute Gasteiger partial charge is 0.480 e. The first-order valence-electron chi connectivity index (χ1n) is 13.8. The van der Waals surface area contributed by atoms with E-state index in [-0.39, 0.29) is 18.4 Å². The first kappa shape index (κ1) is 23.4. The van der Waals surface area contributed by atoms with E-state index in [0.29, 0.717) is 22.7 Å². The lowest BCUT2D eigenvalue weighted by Crippen LogP contribution is -2.60. The fourth-order valence-electron chi connectivity index (χ4n) is 10.5. The summed E-state index contributed by atoms with van der Waals surface area (Å²) in [6.07, 6.45) is 15.9. The Bertz CT molecular complexity index is 850. The third-order valence-corrected chi connectivity index (χ3v) is 11.8. The highest BCUT2D eigenvalue weighted by atomic mass is 16.4. The number of nitrogens with one attached hydrogen (secondary N) is 1. The molecule has 0 aromatic heterocycles. The maximum atomic E-state index is 13.5. The number of amides is 1. The van der Waals surface area contributed by atoms with Gasteiger partial charge >= 0.3 is 5.97 Å². The predicted molar refractivity (Wildman–Crippen MR) is 130 cm³/mol. The molecule has 33 heavy (non-hydrogen) atoms. The number of allylic oxidation sites excluding steroid dienone is 2. The van der Waals surface area contributed by atoms with Crippen molar-refractivity contribution in [2.45, 2.75) is 98.3 Å². The van der Waals surface area contributed by atoms with Crippen LogP contribution in [-0.2, 0) is 9.59 Å². The molecule has 0 heterocycles. The van der Waals surface area contributed by atoms with Crippen molar-refractivity contribution < 1.29 is 14.7 Å².